The zero-order valence-corrected chi connectivity index (χ0v) is 17.5. The van der Waals surface area contributed by atoms with Gasteiger partial charge in [0.2, 0.25) is 10.0 Å². The molecule has 0 fully saturated rings. The van der Waals surface area contributed by atoms with Gasteiger partial charge in [0.25, 0.3) is 0 Å². The minimum atomic E-state index is -3.75. The van der Waals surface area contributed by atoms with Gasteiger partial charge >= 0.3 is 0 Å². The van der Waals surface area contributed by atoms with E-state index in [1.807, 2.05) is 48.5 Å². The highest BCUT2D eigenvalue weighted by Crippen LogP contribution is 2.44. The highest BCUT2D eigenvalue weighted by Gasteiger charge is 2.37. The van der Waals surface area contributed by atoms with E-state index in [0.29, 0.717) is 11.6 Å². The third-order valence-electron chi connectivity index (χ3n) is 5.45. The number of hydrogen-bond acceptors (Lipinski definition) is 4. The van der Waals surface area contributed by atoms with E-state index in [-0.39, 0.29) is 10.9 Å². The molecular formula is C23H19ClN2O3S. The van der Waals surface area contributed by atoms with Gasteiger partial charge in [-0.05, 0) is 58.3 Å². The summed E-state index contributed by atoms with van der Waals surface area (Å²) in [5.41, 5.74) is 2.02. The van der Waals surface area contributed by atoms with Crippen LogP contribution in [0.1, 0.15) is 29.0 Å². The molecule has 0 aliphatic heterocycles. The van der Waals surface area contributed by atoms with Crippen molar-refractivity contribution in [2.45, 2.75) is 23.5 Å². The maximum atomic E-state index is 13.1. The molecule has 5 rings (SSSR count). The Morgan fingerprint density at radius 1 is 0.867 bits per heavy atom. The molecule has 0 bridgehead atoms. The van der Waals surface area contributed by atoms with E-state index >= 15 is 0 Å². The molecule has 2 atom stereocenters. The zero-order chi connectivity index (χ0) is 20.7. The smallest absolute Gasteiger partial charge is 0.241 e. The Morgan fingerprint density at radius 3 is 2.23 bits per heavy atom. The zero-order valence-electron chi connectivity index (χ0n) is 15.9. The van der Waals surface area contributed by atoms with Crippen molar-refractivity contribution in [3.8, 4) is 0 Å². The van der Waals surface area contributed by atoms with Crippen molar-refractivity contribution in [3.05, 3.63) is 101 Å². The standard InChI is InChI=1S/C23H19ClN2O3S/c24-16-9-11-18(12-10-16)30(27,28)26-23-20-8-2-5-15-4-1-7-19(21(15)20)22(23)25-14-17-6-3-13-29-17/h1-13,22-23,25-26H,14H2/t22-,23-/m1/s1. The molecular weight excluding hydrogens is 420 g/mol. The summed E-state index contributed by atoms with van der Waals surface area (Å²) in [6, 6.07) is 21.3. The molecule has 1 aliphatic carbocycles. The quantitative estimate of drug-likeness (QED) is 0.446. The van der Waals surface area contributed by atoms with Crippen molar-refractivity contribution in [3.63, 3.8) is 0 Å². The number of halogens is 1. The molecule has 1 heterocycles. The van der Waals surface area contributed by atoms with E-state index in [0.717, 1.165) is 27.7 Å². The van der Waals surface area contributed by atoms with Gasteiger partial charge < -0.3 is 9.73 Å². The molecule has 152 valence electrons. The fraction of sp³-hybridized carbons (Fsp3) is 0.130. The summed E-state index contributed by atoms with van der Waals surface area (Å²) in [7, 11) is -3.75. The second-order valence-electron chi connectivity index (χ2n) is 7.28. The molecule has 0 amide bonds. The van der Waals surface area contributed by atoms with Crippen LogP contribution in [0.15, 0.2) is 88.4 Å². The minimum Gasteiger partial charge on any atom is -0.468 e. The summed E-state index contributed by atoms with van der Waals surface area (Å²) in [4.78, 5) is 0.180. The molecule has 5 nitrogen and oxygen atoms in total. The molecule has 7 heteroatoms. The van der Waals surface area contributed by atoms with Crippen LogP contribution in [0.25, 0.3) is 10.8 Å². The molecule has 4 aromatic rings. The predicted molar refractivity (Wildman–Crippen MR) is 117 cm³/mol. The van der Waals surface area contributed by atoms with Crippen LogP contribution in [0, 0.1) is 0 Å². The van der Waals surface area contributed by atoms with Gasteiger partial charge in [-0.1, -0.05) is 48.0 Å². The van der Waals surface area contributed by atoms with Gasteiger partial charge in [0.05, 0.1) is 29.8 Å². The van der Waals surface area contributed by atoms with Crippen molar-refractivity contribution in [1.82, 2.24) is 10.0 Å². The van der Waals surface area contributed by atoms with Gasteiger partial charge in [-0.25, -0.2) is 13.1 Å². The number of nitrogens with one attached hydrogen (secondary N) is 2. The lowest BCUT2D eigenvalue weighted by Gasteiger charge is -2.24. The molecule has 3 aromatic carbocycles. The minimum absolute atomic E-state index is 0.180. The lowest BCUT2D eigenvalue weighted by Crippen LogP contribution is -2.36. The molecule has 30 heavy (non-hydrogen) atoms. The molecule has 0 spiro atoms. The molecule has 0 unspecified atom stereocenters. The van der Waals surface area contributed by atoms with E-state index in [1.165, 1.54) is 12.1 Å². The summed E-state index contributed by atoms with van der Waals surface area (Å²) < 4.78 is 34.7. The SMILES string of the molecule is O=S(=O)(N[C@@H]1c2cccc3cccc(c23)[C@H]1NCc1ccco1)c1ccc(Cl)cc1. The second kappa shape index (κ2) is 7.56. The highest BCUT2D eigenvalue weighted by atomic mass is 35.5. The maximum Gasteiger partial charge on any atom is 0.241 e. The molecule has 1 aliphatic rings. The van der Waals surface area contributed by atoms with Crippen LogP contribution in [0.4, 0.5) is 0 Å². The molecule has 0 saturated heterocycles. The van der Waals surface area contributed by atoms with Crippen molar-refractivity contribution in [2.24, 2.45) is 0 Å². The lowest BCUT2D eigenvalue weighted by molar-refractivity contribution is 0.405. The van der Waals surface area contributed by atoms with Gasteiger partial charge in [0, 0.05) is 5.02 Å². The largest absolute Gasteiger partial charge is 0.468 e. The van der Waals surface area contributed by atoms with Gasteiger partial charge in [-0.2, -0.15) is 0 Å². The Kier molecular flexibility index (Phi) is 4.87. The maximum absolute atomic E-state index is 13.1. The van der Waals surface area contributed by atoms with Crippen LogP contribution in [-0.4, -0.2) is 8.42 Å². The number of rotatable bonds is 6. The Hall–Kier alpha value is -2.64. The van der Waals surface area contributed by atoms with E-state index in [1.54, 1.807) is 18.4 Å². The Balaban J connectivity index is 1.54. The van der Waals surface area contributed by atoms with Crippen molar-refractivity contribution in [2.75, 3.05) is 0 Å². The highest BCUT2D eigenvalue weighted by molar-refractivity contribution is 7.89. The van der Waals surface area contributed by atoms with Gasteiger partial charge in [-0.15, -0.1) is 0 Å². The number of furan rings is 1. The van der Waals surface area contributed by atoms with Crippen LogP contribution in [0.3, 0.4) is 0 Å². The molecule has 0 saturated carbocycles. The Labute approximate surface area is 179 Å². The van der Waals surface area contributed by atoms with Crippen LogP contribution in [0.5, 0.6) is 0 Å². The van der Waals surface area contributed by atoms with Crippen LogP contribution < -0.4 is 10.0 Å². The number of hydrogen-bond donors (Lipinski definition) is 2. The summed E-state index contributed by atoms with van der Waals surface area (Å²) >= 11 is 5.93. The van der Waals surface area contributed by atoms with Crippen LogP contribution in [-0.2, 0) is 16.6 Å². The molecule has 1 aromatic heterocycles. The Morgan fingerprint density at radius 2 is 1.57 bits per heavy atom. The number of sulfonamides is 1. The third-order valence-corrected chi connectivity index (χ3v) is 7.16. The average Bonchev–Trinajstić information content (AvgIpc) is 3.35. The first-order valence-corrected chi connectivity index (χ1v) is 11.4. The monoisotopic (exact) mass is 438 g/mol. The van der Waals surface area contributed by atoms with Crippen molar-refractivity contribution in [1.29, 1.82) is 0 Å². The molecule has 2 N–H and O–H groups in total. The van der Waals surface area contributed by atoms with Crippen molar-refractivity contribution < 1.29 is 12.8 Å². The predicted octanol–water partition coefficient (Wildman–Crippen LogP) is 4.95. The first-order chi connectivity index (χ1) is 14.5. The van der Waals surface area contributed by atoms with Gasteiger partial charge in [-0.3, -0.25) is 0 Å². The lowest BCUT2D eigenvalue weighted by atomic mass is 10.0. The van der Waals surface area contributed by atoms with Crippen LogP contribution in [0.2, 0.25) is 5.02 Å². The normalized spacial score (nSPS) is 18.2. The van der Waals surface area contributed by atoms with E-state index in [9.17, 15) is 8.42 Å². The van der Waals surface area contributed by atoms with Gasteiger partial charge in [0.15, 0.2) is 0 Å². The molecule has 0 radical (unpaired) electrons. The summed E-state index contributed by atoms with van der Waals surface area (Å²) in [5.74, 6) is 0.789. The first-order valence-electron chi connectivity index (χ1n) is 9.58. The summed E-state index contributed by atoms with van der Waals surface area (Å²) in [6.45, 7) is 0.487. The Bertz CT molecular complexity index is 1300. The van der Waals surface area contributed by atoms with Crippen LogP contribution >= 0.6 is 11.6 Å². The second-order valence-corrected chi connectivity index (χ2v) is 9.43. The first kappa shape index (κ1) is 19.3. The van der Waals surface area contributed by atoms with Crippen molar-refractivity contribution >= 4 is 32.4 Å². The third kappa shape index (κ3) is 3.42. The van der Waals surface area contributed by atoms with E-state index < -0.39 is 16.1 Å². The topological polar surface area (TPSA) is 71.3 Å². The average molecular weight is 439 g/mol. The fourth-order valence-electron chi connectivity index (χ4n) is 4.11. The number of benzene rings is 3. The van der Waals surface area contributed by atoms with E-state index in [2.05, 4.69) is 10.0 Å². The van der Waals surface area contributed by atoms with E-state index in [4.69, 9.17) is 16.0 Å². The van der Waals surface area contributed by atoms with Gasteiger partial charge in [0.1, 0.15) is 5.76 Å². The fourth-order valence-corrected chi connectivity index (χ4v) is 5.46. The summed E-state index contributed by atoms with van der Waals surface area (Å²) in [6.07, 6.45) is 1.63. The summed E-state index contributed by atoms with van der Waals surface area (Å²) in [5, 5.41) is 6.14.